The first kappa shape index (κ1) is 19.8. The summed E-state index contributed by atoms with van der Waals surface area (Å²) in [5, 5.41) is 4.71. The molecule has 2 nitrogen and oxygen atoms in total. The van der Waals surface area contributed by atoms with Gasteiger partial charge in [-0.25, -0.2) is 0 Å². The molecule has 1 unspecified atom stereocenters. The van der Waals surface area contributed by atoms with Crippen LogP contribution >= 0.6 is 34.8 Å². The molecule has 0 spiro atoms. The third-order valence-corrected chi connectivity index (χ3v) is 6.37. The normalized spacial score (nSPS) is 16.5. The Morgan fingerprint density at radius 2 is 1.43 bits per heavy atom. The summed E-state index contributed by atoms with van der Waals surface area (Å²) < 4.78 is 0. The average molecular weight is 434 g/mol. The molecule has 0 bridgehead atoms. The van der Waals surface area contributed by atoms with Crippen molar-refractivity contribution in [2.24, 2.45) is 0 Å². The molecule has 1 aliphatic rings. The number of hydrogen-bond donors (Lipinski definition) is 0. The molecule has 1 fully saturated rings. The number of fused-ring (bicyclic) bond motifs is 1. The standard InChI is InChI=1S/C23H23Cl3N2/c1-16(12-17-2-3-19-14-20(24)5-4-18(19)13-17)27-8-10-28(11-9-27)23-15-21(25)6-7-22(23)26/h2-7,13-16H,8-12H2,1H3. The van der Waals surface area contributed by atoms with E-state index in [2.05, 4.69) is 41.0 Å². The summed E-state index contributed by atoms with van der Waals surface area (Å²) in [5.74, 6) is 0. The molecule has 1 atom stereocenters. The van der Waals surface area contributed by atoms with Crippen LogP contribution in [0.3, 0.4) is 0 Å². The van der Waals surface area contributed by atoms with E-state index < -0.39 is 0 Å². The van der Waals surface area contributed by atoms with Crippen LogP contribution in [0.2, 0.25) is 15.1 Å². The lowest BCUT2D eigenvalue weighted by Gasteiger charge is -2.39. The average Bonchev–Trinajstić information content (AvgIpc) is 2.70. The lowest BCUT2D eigenvalue weighted by Crippen LogP contribution is -2.50. The van der Waals surface area contributed by atoms with Gasteiger partial charge in [0.1, 0.15) is 0 Å². The minimum absolute atomic E-state index is 0.488. The molecule has 0 N–H and O–H groups in total. The van der Waals surface area contributed by atoms with Crippen LogP contribution in [0.4, 0.5) is 5.69 Å². The highest BCUT2D eigenvalue weighted by atomic mass is 35.5. The van der Waals surface area contributed by atoms with Crippen molar-refractivity contribution in [1.82, 2.24) is 4.90 Å². The largest absolute Gasteiger partial charge is 0.368 e. The zero-order chi connectivity index (χ0) is 19.7. The number of hydrogen-bond acceptors (Lipinski definition) is 2. The minimum atomic E-state index is 0.488. The first-order valence-corrected chi connectivity index (χ1v) is 10.8. The molecule has 0 amide bonds. The van der Waals surface area contributed by atoms with Gasteiger partial charge >= 0.3 is 0 Å². The Balaban J connectivity index is 1.39. The molecule has 3 aromatic carbocycles. The highest BCUT2D eigenvalue weighted by molar-refractivity contribution is 6.35. The summed E-state index contributed by atoms with van der Waals surface area (Å²) in [6.07, 6.45) is 1.04. The lowest BCUT2D eigenvalue weighted by atomic mass is 10.0. The van der Waals surface area contributed by atoms with E-state index in [4.69, 9.17) is 34.8 Å². The maximum Gasteiger partial charge on any atom is 0.0640 e. The molecule has 3 aromatic rings. The third kappa shape index (κ3) is 4.41. The smallest absolute Gasteiger partial charge is 0.0640 e. The zero-order valence-electron chi connectivity index (χ0n) is 15.8. The van der Waals surface area contributed by atoms with Gasteiger partial charge in [0.05, 0.1) is 10.7 Å². The lowest BCUT2D eigenvalue weighted by molar-refractivity contribution is 0.196. The van der Waals surface area contributed by atoms with Gasteiger partial charge in [-0.2, -0.15) is 0 Å². The SMILES string of the molecule is CC(Cc1ccc2cc(Cl)ccc2c1)N1CCN(c2cc(Cl)ccc2Cl)CC1. The van der Waals surface area contributed by atoms with Crippen molar-refractivity contribution in [3.8, 4) is 0 Å². The van der Waals surface area contributed by atoms with Crippen molar-refractivity contribution in [2.45, 2.75) is 19.4 Å². The Kier molecular flexibility index (Phi) is 6.03. The van der Waals surface area contributed by atoms with Crippen LogP contribution in [-0.4, -0.2) is 37.1 Å². The Hall–Kier alpha value is -1.45. The second-order valence-electron chi connectivity index (χ2n) is 7.50. The number of nitrogens with zero attached hydrogens (tertiary/aromatic N) is 2. The fraction of sp³-hybridized carbons (Fsp3) is 0.304. The van der Waals surface area contributed by atoms with Gasteiger partial charge in [0.25, 0.3) is 0 Å². The van der Waals surface area contributed by atoms with Crippen molar-refractivity contribution in [3.63, 3.8) is 0 Å². The van der Waals surface area contributed by atoms with Gasteiger partial charge in [-0.15, -0.1) is 0 Å². The summed E-state index contributed by atoms with van der Waals surface area (Å²) in [6.45, 7) is 6.27. The summed E-state index contributed by atoms with van der Waals surface area (Å²) in [6, 6.07) is 18.9. The van der Waals surface area contributed by atoms with Crippen LogP contribution in [-0.2, 0) is 6.42 Å². The van der Waals surface area contributed by atoms with Gasteiger partial charge in [0, 0.05) is 42.3 Å². The molecule has 0 radical (unpaired) electrons. The maximum atomic E-state index is 6.37. The molecule has 4 rings (SSSR count). The Morgan fingerprint density at radius 1 is 0.786 bits per heavy atom. The van der Waals surface area contributed by atoms with Crippen molar-refractivity contribution >= 4 is 51.3 Å². The molecule has 1 saturated heterocycles. The predicted octanol–water partition coefficient (Wildman–Crippen LogP) is 6.55. The van der Waals surface area contributed by atoms with Gasteiger partial charge in [0.15, 0.2) is 0 Å². The first-order chi connectivity index (χ1) is 13.5. The molecule has 146 valence electrons. The summed E-state index contributed by atoms with van der Waals surface area (Å²) >= 11 is 18.6. The van der Waals surface area contributed by atoms with E-state index in [1.165, 1.54) is 16.3 Å². The van der Waals surface area contributed by atoms with E-state index in [0.717, 1.165) is 53.4 Å². The van der Waals surface area contributed by atoms with E-state index in [0.29, 0.717) is 6.04 Å². The molecular formula is C23H23Cl3N2. The zero-order valence-corrected chi connectivity index (χ0v) is 18.1. The molecule has 1 aliphatic heterocycles. The van der Waals surface area contributed by atoms with Gasteiger partial charge in [-0.05, 0) is 60.0 Å². The van der Waals surface area contributed by atoms with Gasteiger partial charge in [-0.3, -0.25) is 4.90 Å². The van der Waals surface area contributed by atoms with Crippen molar-refractivity contribution in [1.29, 1.82) is 0 Å². The Labute approximate surface area is 181 Å². The Bertz CT molecular complexity index is 981. The number of rotatable bonds is 4. The topological polar surface area (TPSA) is 6.48 Å². The van der Waals surface area contributed by atoms with Crippen LogP contribution in [0.15, 0.2) is 54.6 Å². The van der Waals surface area contributed by atoms with E-state index >= 15 is 0 Å². The number of halogens is 3. The molecule has 0 aromatic heterocycles. The maximum absolute atomic E-state index is 6.37. The summed E-state index contributed by atoms with van der Waals surface area (Å²) in [4.78, 5) is 4.89. The number of piperazine rings is 1. The van der Waals surface area contributed by atoms with Crippen molar-refractivity contribution in [2.75, 3.05) is 31.1 Å². The highest BCUT2D eigenvalue weighted by Gasteiger charge is 2.22. The molecule has 5 heteroatoms. The Morgan fingerprint density at radius 3 is 2.21 bits per heavy atom. The summed E-state index contributed by atoms with van der Waals surface area (Å²) in [7, 11) is 0. The second-order valence-corrected chi connectivity index (χ2v) is 8.78. The fourth-order valence-corrected chi connectivity index (χ4v) is 4.58. The van der Waals surface area contributed by atoms with Crippen molar-refractivity contribution < 1.29 is 0 Å². The van der Waals surface area contributed by atoms with Gasteiger partial charge in [0.2, 0.25) is 0 Å². The summed E-state index contributed by atoms with van der Waals surface area (Å²) in [5.41, 5.74) is 2.40. The molecule has 0 saturated carbocycles. The van der Waals surface area contributed by atoms with E-state index in [1.54, 1.807) is 0 Å². The monoisotopic (exact) mass is 432 g/mol. The fourth-order valence-electron chi connectivity index (χ4n) is 3.99. The molecule has 0 aliphatic carbocycles. The van der Waals surface area contributed by atoms with Crippen LogP contribution in [0.25, 0.3) is 10.8 Å². The van der Waals surface area contributed by atoms with E-state index in [-0.39, 0.29) is 0 Å². The first-order valence-electron chi connectivity index (χ1n) is 9.62. The predicted molar refractivity (Wildman–Crippen MR) is 122 cm³/mol. The van der Waals surface area contributed by atoms with Gasteiger partial charge < -0.3 is 4.90 Å². The molecule has 1 heterocycles. The molecule has 28 heavy (non-hydrogen) atoms. The van der Waals surface area contributed by atoms with Crippen LogP contribution < -0.4 is 4.90 Å². The van der Waals surface area contributed by atoms with E-state index in [9.17, 15) is 0 Å². The van der Waals surface area contributed by atoms with Crippen LogP contribution in [0, 0.1) is 0 Å². The van der Waals surface area contributed by atoms with E-state index in [1.807, 2.05) is 30.3 Å². The minimum Gasteiger partial charge on any atom is -0.368 e. The second kappa shape index (κ2) is 8.51. The molecular weight excluding hydrogens is 411 g/mol. The van der Waals surface area contributed by atoms with Gasteiger partial charge in [-0.1, -0.05) is 59.1 Å². The number of benzene rings is 3. The van der Waals surface area contributed by atoms with Crippen LogP contribution in [0.1, 0.15) is 12.5 Å². The highest BCUT2D eigenvalue weighted by Crippen LogP contribution is 2.30. The quantitative estimate of drug-likeness (QED) is 0.460. The number of anilines is 1. The van der Waals surface area contributed by atoms with Crippen LogP contribution in [0.5, 0.6) is 0 Å². The van der Waals surface area contributed by atoms with Crippen molar-refractivity contribution in [3.05, 3.63) is 75.2 Å². The third-order valence-electron chi connectivity index (χ3n) is 5.58.